The Kier molecular flexibility index (Phi) is 4.76. The van der Waals surface area contributed by atoms with Gasteiger partial charge in [-0.05, 0) is 30.7 Å². The van der Waals surface area contributed by atoms with Gasteiger partial charge in [-0.1, -0.05) is 23.8 Å². The molecule has 0 unspecified atom stereocenters. The zero-order chi connectivity index (χ0) is 13.7. The molecule has 3 N–H and O–H groups in total. The van der Waals surface area contributed by atoms with E-state index >= 15 is 0 Å². The van der Waals surface area contributed by atoms with Gasteiger partial charge in [0.2, 0.25) is 0 Å². The molecule has 0 aliphatic carbocycles. The Bertz CT molecular complexity index is 554. The predicted molar refractivity (Wildman–Crippen MR) is 82.7 cm³/mol. The van der Waals surface area contributed by atoms with Crippen LogP contribution >= 0.6 is 23.8 Å². The lowest BCUT2D eigenvalue weighted by Crippen LogP contribution is -2.11. The molecule has 0 fully saturated rings. The normalized spacial score (nSPS) is 10.4. The van der Waals surface area contributed by atoms with Crippen molar-refractivity contribution in [2.75, 3.05) is 11.9 Å². The van der Waals surface area contributed by atoms with Crippen molar-refractivity contribution in [1.82, 2.24) is 9.78 Å². The van der Waals surface area contributed by atoms with Crippen LogP contribution in [0.3, 0.4) is 0 Å². The predicted octanol–water partition coefficient (Wildman–Crippen LogP) is 2.67. The van der Waals surface area contributed by atoms with E-state index in [0.717, 1.165) is 25.2 Å². The van der Waals surface area contributed by atoms with E-state index < -0.39 is 0 Å². The zero-order valence-corrected chi connectivity index (χ0v) is 11.9. The van der Waals surface area contributed by atoms with Crippen LogP contribution in [0.1, 0.15) is 12.0 Å². The van der Waals surface area contributed by atoms with Gasteiger partial charge >= 0.3 is 0 Å². The van der Waals surface area contributed by atoms with Gasteiger partial charge in [-0.2, -0.15) is 5.10 Å². The number of rotatable bonds is 6. The second kappa shape index (κ2) is 6.54. The van der Waals surface area contributed by atoms with E-state index in [1.807, 2.05) is 35.1 Å². The summed E-state index contributed by atoms with van der Waals surface area (Å²) in [6.07, 6.45) is 4.71. The number of nitrogens with two attached hydrogens (primary N) is 1. The number of thiocarbonyl (C=S) groups is 1. The summed E-state index contributed by atoms with van der Waals surface area (Å²) in [5.41, 5.74) is 7.23. The Morgan fingerprint density at radius 3 is 2.95 bits per heavy atom. The minimum absolute atomic E-state index is 0.315. The van der Waals surface area contributed by atoms with Crippen molar-refractivity contribution in [1.29, 1.82) is 0 Å². The van der Waals surface area contributed by atoms with Gasteiger partial charge in [0.15, 0.2) is 0 Å². The lowest BCUT2D eigenvalue weighted by molar-refractivity contribution is 0.592. The summed E-state index contributed by atoms with van der Waals surface area (Å²) >= 11 is 11.0. The second-order valence-electron chi connectivity index (χ2n) is 4.11. The summed E-state index contributed by atoms with van der Waals surface area (Å²) in [5, 5.41) is 8.02. The highest BCUT2D eigenvalue weighted by molar-refractivity contribution is 7.80. The number of halogens is 1. The van der Waals surface area contributed by atoms with Crippen LogP contribution in [0.5, 0.6) is 0 Å². The highest BCUT2D eigenvalue weighted by Crippen LogP contribution is 2.20. The fraction of sp³-hybridized carbons (Fsp3) is 0.231. The van der Waals surface area contributed by atoms with Crippen LogP contribution < -0.4 is 11.1 Å². The number of hydrogen-bond donors (Lipinski definition) is 2. The molecule has 6 heteroatoms. The number of nitrogens with one attached hydrogen (secondary N) is 1. The van der Waals surface area contributed by atoms with Crippen molar-refractivity contribution in [2.24, 2.45) is 5.73 Å². The summed E-state index contributed by atoms with van der Waals surface area (Å²) < 4.78 is 1.91. The van der Waals surface area contributed by atoms with Crippen molar-refractivity contribution in [2.45, 2.75) is 13.0 Å². The first-order chi connectivity index (χ1) is 9.16. The third-order valence-electron chi connectivity index (χ3n) is 2.69. The van der Waals surface area contributed by atoms with Crippen LogP contribution in [-0.2, 0) is 6.54 Å². The summed E-state index contributed by atoms with van der Waals surface area (Å²) in [6.45, 7) is 1.74. The van der Waals surface area contributed by atoms with Crippen molar-refractivity contribution >= 4 is 34.5 Å². The van der Waals surface area contributed by atoms with Crippen LogP contribution in [0, 0.1) is 0 Å². The number of aryl methyl sites for hydroxylation is 1. The average Bonchev–Trinajstić information content (AvgIpc) is 2.87. The molecule has 0 saturated heterocycles. The van der Waals surface area contributed by atoms with Gasteiger partial charge in [0, 0.05) is 36.7 Å². The summed E-state index contributed by atoms with van der Waals surface area (Å²) in [5.74, 6) is 0. The van der Waals surface area contributed by atoms with Crippen molar-refractivity contribution in [3.8, 4) is 0 Å². The summed E-state index contributed by atoms with van der Waals surface area (Å²) in [7, 11) is 0. The van der Waals surface area contributed by atoms with Crippen LogP contribution in [0.15, 0.2) is 36.7 Å². The highest BCUT2D eigenvalue weighted by atomic mass is 35.5. The monoisotopic (exact) mass is 294 g/mol. The lowest BCUT2D eigenvalue weighted by atomic mass is 10.2. The Hall–Kier alpha value is -1.59. The van der Waals surface area contributed by atoms with E-state index in [0.29, 0.717) is 15.6 Å². The molecule has 1 heterocycles. The molecule has 1 aromatic carbocycles. The molecule has 1 aromatic heterocycles. The fourth-order valence-electron chi connectivity index (χ4n) is 1.73. The Morgan fingerprint density at radius 1 is 1.47 bits per heavy atom. The molecule has 4 nitrogen and oxygen atoms in total. The smallest absolute Gasteiger partial charge is 0.105 e. The van der Waals surface area contributed by atoms with Gasteiger partial charge in [-0.25, -0.2) is 0 Å². The molecule has 0 atom stereocenters. The van der Waals surface area contributed by atoms with Gasteiger partial charge < -0.3 is 11.1 Å². The molecular formula is C13H15ClN4S. The molecule has 0 spiro atoms. The van der Waals surface area contributed by atoms with E-state index in [4.69, 9.17) is 29.6 Å². The maximum atomic E-state index is 6.10. The van der Waals surface area contributed by atoms with Gasteiger partial charge in [0.1, 0.15) is 4.99 Å². The van der Waals surface area contributed by atoms with E-state index in [-0.39, 0.29) is 0 Å². The van der Waals surface area contributed by atoms with E-state index in [1.165, 1.54) is 0 Å². The number of hydrogen-bond acceptors (Lipinski definition) is 3. The molecule has 0 aliphatic heterocycles. The van der Waals surface area contributed by atoms with Gasteiger partial charge in [-0.3, -0.25) is 4.68 Å². The van der Waals surface area contributed by atoms with Gasteiger partial charge in [0.05, 0.1) is 5.02 Å². The summed E-state index contributed by atoms with van der Waals surface area (Å²) in [4.78, 5) is 0.315. The van der Waals surface area contributed by atoms with Gasteiger partial charge in [-0.15, -0.1) is 0 Å². The fourth-order valence-corrected chi connectivity index (χ4v) is 2.25. The summed E-state index contributed by atoms with van der Waals surface area (Å²) in [6, 6.07) is 7.51. The first-order valence-electron chi connectivity index (χ1n) is 5.97. The Balaban J connectivity index is 1.83. The number of benzene rings is 1. The van der Waals surface area contributed by atoms with E-state index in [2.05, 4.69) is 10.4 Å². The topological polar surface area (TPSA) is 55.9 Å². The van der Waals surface area contributed by atoms with Crippen molar-refractivity contribution < 1.29 is 0 Å². The molecule has 19 heavy (non-hydrogen) atoms. The molecule has 0 amide bonds. The third kappa shape index (κ3) is 3.94. The first kappa shape index (κ1) is 13.8. The molecule has 2 rings (SSSR count). The Labute approximate surface area is 122 Å². The first-order valence-corrected chi connectivity index (χ1v) is 6.76. The molecular weight excluding hydrogens is 280 g/mol. The van der Waals surface area contributed by atoms with E-state index in [9.17, 15) is 0 Å². The highest BCUT2D eigenvalue weighted by Gasteiger charge is 2.03. The molecule has 0 radical (unpaired) electrons. The molecule has 2 aromatic rings. The minimum atomic E-state index is 0.315. The quantitative estimate of drug-likeness (QED) is 0.635. The largest absolute Gasteiger partial charge is 0.389 e. The molecule has 100 valence electrons. The number of aromatic nitrogens is 2. The number of nitrogens with zero attached hydrogens (tertiary/aromatic N) is 2. The maximum Gasteiger partial charge on any atom is 0.105 e. The Morgan fingerprint density at radius 2 is 2.32 bits per heavy atom. The maximum absolute atomic E-state index is 6.10. The average molecular weight is 295 g/mol. The van der Waals surface area contributed by atoms with Crippen LogP contribution in [-0.4, -0.2) is 21.3 Å². The second-order valence-corrected chi connectivity index (χ2v) is 4.96. The SMILES string of the molecule is NC(=S)c1ccc(NCCCn2cccn2)cc1Cl. The van der Waals surface area contributed by atoms with Crippen LogP contribution in [0.4, 0.5) is 5.69 Å². The number of anilines is 1. The molecule has 0 aliphatic rings. The molecule has 0 bridgehead atoms. The third-order valence-corrected chi connectivity index (χ3v) is 3.22. The molecule has 0 saturated carbocycles. The standard InChI is InChI=1S/C13H15ClN4S/c14-12-9-10(3-4-11(12)13(15)19)16-5-1-7-18-8-2-6-17-18/h2-4,6,8-9,16H,1,5,7H2,(H2,15,19). The lowest BCUT2D eigenvalue weighted by Gasteiger charge is -2.09. The minimum Gasteiger partial charge on any atom is -0.389 e. The zero-order valence-electron chi connectivity index (χ0n) is 10.3. The van der Waals surface area contributed by atoms with Crippen LogP contribution in [0.25, 0.3) is 0 Å². The van der Waals surface area contributed by atoms with Crippen molar-refractivity contribution in [3.05, 3.63) is 47.2 Å². The van der Waals surface area contributed by atoms with Crippen LogP contribution in [0.2, 0.25) is 5.02 Å². The van der Waals surface area contributed by atoms with E-state index in [1.54, 1.807) is 6.20 Å². The van der Waals surface area contributed by atoms with Crippen molar-refractivity contribution in [3.63, 3.8) is 0 Å². The van der Waals surface area contributed by atoms with Gasteiger partial charge in [0.25, 0.3) is 0 Å².